The first-order valence-electron chi connectivity index (χ1n) is 9.45. The summed E-state index contributed by atoms with van der Waals surface area (Å²) in [7, 11) is 1.63. The van der Waals surface area contributed by atoms with Gasteiger partial charge in [-0.2, -0.15) is 0 Å². The van der Waals surface area contributed by atoms with Crippen LogP contribution in [-0.4, -0.2) is 46.5 Å². The molecule has 2 heterocycles. The standard InChI is InChI=1S/C20H26FN5O2/c1-13-18(19(27)23-12-15-4-6-16(21)7-5-15)24-14(2)26(13)17-8-10-25(11-9-17)20(28)22-3/h4-7,17H,8-12H2,1-3H3,(H,22,28)(H,23,27). The van der Waals surface area contributed by atoms with E-state index in [1.165, 1.54) is 12.1 Å². The van der Waals surface area contributed by atoms with Crippen LogP contribution in [-0.2, 0) is 6.54 Å². The van der Waals surface area contributed by atoms with E-state index in [4.69, 9.17) is 0 Å². The number of urea groups is 1. The predicted molar refractivity (Wildman–Crippen MR) is 104 cm³/mol. The van der Waals surface area contributed by atoms with Gasteiger partial charge < -0.3 is 20.1 Å². The highest BCUT2D eigenvalue weighted by atomic mass is 19.1. The molecule has 8 heteroatoms. The number of hydrogen-bond acceptors (Lipinski definition) is 3. The number of likely N-dealkylation sites (tertiary alicyclic amines) is 1. The number of hydrogen-bond donors (Lipinski definition) is 2. The first-order valence-corrected chi connectivity index (χ1v) is 9.45. The van der Waals surface area contributed by atoms with Crippen molar-refractivity contribution in [3.8, 4) is 0 Å². The van der Waals surface area contributed by atoms with Gasteiger partial charge >= 0.3 is 6.03 Å². The van der Waals surface area contributed by atoms with Gasteiger partial charge in [0.25, 0.3) is 5.91 Å². The van der Waals surface area contributed by atoms with Gasteiger partial charge in [0.05, 0.1) is 0 Å². The third-order valence-corrected chi connectivity index (χ3v) is 5.24. The van der Waals surface area contributed by atoms with Crippen LogP contribution in [0.2, 0.25) is 0 Å². The molecule has 2 N–H and O–H groups in total. The van der Waals surface area contributed by atoms with Crippen molar-refractivity contribution in [2.45, 2.75) is 39.3 Å². The Morgan fingerprint density at radius 1 is 1.18 bits per heavy atom. The smallest absolute Gasteiger partial charge is 0.317 e. The normalized spacial score (nSPS) is 14.8. The maximum Gasteiger partial charge on any atom is 0.317 e. The van der Waals surface area contributed by atoms with Gasteiger partial charge in [-0.15, -0.1) is 0 Å². The first-order chi connectivity index (χ1) is 13.4. The van der Waals surface area contributed by atoms with Crippen molar-refractivity contribution < 1.29 is 14.0 Å². The number of imidazole rings is 1. The van der Waals surface area contributed by atoms with Crippen LogP contribution in [0.25, 0.3) is 0 Å². The fourth-order valence-corrected chi connectivity index (χ4v) is 3.76. The molecule has 0 aliphatic carbocycles. The number of piperidine rings is 1. The van der Waals surface area contributed by atoms with Crippen molar-refractivity contribution in [2.24, 2.45) is 0 Å². The molecule has 0 bridgehead atoms. The minimum Gasteiger partial charge on any atom is -0.347 e. The van der Waals surface area contributed by atoms with Crippen LogP contribution in [0, 0.1) is 19.7 Å². The minimum atomic E-state index is -0.303. The largest absolute Gasteiger partial charge is 0.347 e. The van der Waals surface area contributed by atoms with Crippen molar-refractivity contribution in [3.63, 3.8) is 0 Å². The van der Waals surface area contributed by atoms with Crippen LogP contribution in [0.4, 0.5) is 9.18 Å². The summed E-state index contributed by atoms with van der Waals surface area (Å²) >= 11 is 0. The SMILES string of the molecule is CNC(=O)N1CCC(n2c(C)nc(C(=O)NCc3ccc(F)cc3)c2C)CC1. The van der Waals surface area contributed by atoms with Gasteiger partial charge in [-0.25, -0.2) is 14.2 Å². The molecule has 0 saturated carbocycles. The Morgan fingerprint density at radius 3 is 2.43 bits per heavy atom. The van der Waals surface area contributed by atoms with Gasteiger partial charge in [0, 0.05) is 38.4 Å². The molecule has 1 aromatic carbocycles. The zero-order valence-electron chi connectivity index (χ0n) is 16.5. The maximum absolute atomic E-state index is 13.0. The van der Waals surface area contributed by atoms with Crippen molar-refractivity contribution in [2.75, 3.05) is 20.1 Å². The number of benzene rings is 1. The summed E-state index contributed by atoms with van der Waals surface area (Å²) in [6.45, 7) is 5.46. The second-order valence-electron chi connectivity index (χ2n) is 7.05. The van der Waals surface area contributed by atoms with Gasteiger partial charge in [-0.3, -0.25) is 4.79 Å². The summed E-state index contributed by atoms with van der Waals surface area (Å²) in [5, 5.41) is 5.51. The summed E-state index contributed by atoms with van der Waals surface area (Å²) < 4.78 is 15.1. The fraction of sp³-hybridized carbons (Fsp3) is 0.450. The van der Waals surface area contributed by atoms with Crippen LogP contribution in [0.3, 0.4) is 0 Å². The zero-order chi connectivity index (χ0) is 20.3. The molecule has 2 aromatic rings. The van der Waals surface area contributed by atoms with Crippen LogP contribution >= 0.6 is 0 Å². The highest BCUT2D eigenvalue weighted by Crippen LogP contribution is 2.27. The number of rotatable bonds is 4. The second-order valence-corrected chi connectivity index (χ2v) is 7.05. The lowest BCUT2D eigenvalue weighted by atomic mass is 10.0. The lowest BCUT2D eigenvalue weighted by Gasteiger charge is -2.33. The number of aromatic nitrogens is 2. The van der Waals surface area contributed by atoms with E-state index in [-0.39, 0.29) is 23.8 Å². The molecular formula is C20H26FN5O2. The van der Waals surface area contributed by atoms with E-state index in [0.717, 1.165) is 29.9 Å². The summed E-state index contributed by atoms with van der Waals surface area (Å²) in [5.74, 6) is 0.247. The zero-order valence-corrected chi connectivity index (χ0v) is 16.5. The van der Waals surface area contributed by atoms with Crippen molar-refractivity contribution in [3.05, 3.63) is 52.9 Å². The molecule has 3 rings (SSSR count). The fourth-order valence-electron chi connectivity index (χ4n) is 3.76. The van der Waals surface area contributed by atoms with E-state index < -0.39 is 0 Å². The van der Waals surface area contributed by atoms with E-state index >= 15 is 0 Å². The Balaban J connectivity index is 1.67. The monoisotopic (exact) mass is 387 g/mol. The predicted octanol–water partition coefficient (Wildman–Crippen LogP) is 2.55. The quantitative estimate of drug-likeness (QED) is 0.846. The third-order valence-electron chi connectivity index (χ3n) is 5.24. The molecule has 0 radical (unpaired) electrons. The molecule has 7 nitrogen and oxygen atoms in total. The molecule has 3 amide bonds. The van der Waals surface area contributed by atoms with E-state index in [1.54, 1.807) is 24.1 Å². The molecular weight excluding hydrogens is 361 g/mol. The highest BCUT2D eigenvalue weighted by molar-refractivity contribution is 5.93. The summed E-state index contributed by atoms with van der Waals surface area (Å²) in [5.41, 5.74) is 2.06. The summed E-state index contributed by atoms with van der Waals surface area (Å²) in [4.78, 5) is 30.7. The van der Waals surface area contributed by atoms with Crippen LogP contribution in [0.5, 0.6) is 0 Å². The average molecular weight is 387 g/mol. The van der Waals surface area contributed by atoms with E-state index in [0.29, 0.717) is 25.3 Å². The summed E-state index contributed by atoms with van der Waals surface area (Å²) in [6, 6.07) is 6.19. The molecule has 0 spiro atoms. The maximum atomic E-state index is 13.0. The van der Waals surface area contributed by atoms with Crippen LogP contribution in [0.15, 0.2) is 24.3 Å². The Labute approximate surface area is 163 Å². The number of nitrogens with zero attached hydrogens (tertiary/aromatic N) is 3. The van der Waals surface area contributed by atoms with E-state index in [1.807, 2.05) is 13.8 Å². The van der Waals surface area contributed by atoms with Gasteiger partial charge in [0.2, 0.25) is 0 Å². The Kier molecular flexibility index (Phi) is 5.96. The minimum absolute atomic E-state index is 0.0571. The Morgan fingerprint density at radius 2 is 1.82 bits per heavy atom. The van der Waals surface area contributed by atoms with Crippen molar-refractivity contribution in [1.82, 2.24) is 25.1 Å². The van der Waals surface area contributed by atoms with Gasteiger partial charge in [-0.05, 0) is 44.4 Å². The number of amides is 3. The Bertz CT molecular complexity index is 854. The third kappa shape index (κ3) is 4.16. The number of aryl methyl sites for hydroxylation is 1. The number of halogens is 1. The van der Waals surface area contributed by atoms with Gasteiger partial charge in [-0.1, -0.05) is 12.1 Å². The topological polar surface area (TPSA) is 79.3 Å². The van der Waals surface area contributed by atoms with E-state index in [2.05, 4.69) is 20.2 Å². The van der Waals surface area contributed by atoms with Crippen LogP contribution < -0.4 is 10.6 Å². The van der Waals surface area contributed by atoms with Gasteiger partial charge in [0.1, 0.15) is 17.3 Å². The lowest BCUT2D eigenvalue weighted by Crippen LogP contribution is -2.43. The Hall–Kier alpha value is -2.90. The molecule has 0 atom stereocenters. The molecule has 150 valence electrons. The molecule has 1 aliphatic heterocycles. The van der Waals surface area contributed by atoms with Crippen LogP contribution in [0.1, 0.15) is 46.5 Å². The average Bonchev–Trinajstić information content (AvgIpc) is 3.01. The number of nitrogens with one attached hydrogen (secondary N) is 2. The number of carbonyl (C=O) groups excluding carboxylic acids is 2. The van der Waals surface area contributed by atoms with Crippen molar-refractivity contribution >= 4 is 11.9 Å². The van der Waals surface area contributed by atoms with E-state index in [9.17, 15) is 14.0 Å². The highest BCUT2D eigenvalue weighted by Gasteiger charge is 2.27. The van der Waals surface area contributed by atoms with Crippen molar-refractivity contribution in [1.29, 1.82) is 0 Å². The number of carbonyl (C=O) groups is 2. The molecule has 1 saturated heterocycles. The summed E-state index contributed by atoms with van der Waals surface area (Å²) in [6.07, 6.45) is 1.64. The molecule has 1 aromatic heterocycles. The first kappa shape index (κ1) is 19.9. The molecule has 0 unspecified atom stereocenters. The molecule has 28 heavy (non-hydrogen) atoms. The second kappa shape index (κ2) is 8.41. The lowest BCUT2D eigenvalue weighted by molar-refractivity contribution is 0.0945. The molecule has 1 fully saturated rings. The van der Waals surface area contributed by atoms with Gasteiger partial charge in [0.15, 0.2) is 0 Å². The molecule has 1 aliphatic rings.